The molecule has 0 aliphatic carbocycles. The second-order valence-corrected chi connectivity index (χ2v) is 2.77. The van der Waals surface area contributed by atoms with Crippen LogP contribution in [-0.2, 0) is 0 Å². The van der Waals surface area contributed by atoms with E-state index in [4.69, 9.17) is 0 Å². The Balaban J connectivity index is 2.68. The van der Waals surface area contributed by atoms with Crippen LogP contribution in [0.3, 0.4) is 0 Å². The van der Waals surface area contributed by atoms with E-state index in [0.29, 0.717) is 0 Å². The lowest BCUT2D eigenvalue weighted by Crippen LogP contribution is -2.35. The van der Waals surface area contributed by atoms with Crippen LogP contribution in [0.15, 0.2) is 48.8 Å². The summed E-state index contributed by atoms with van der Waals surface area (Å²) in [7, 11) is 0. The predicted octanol–water partition coefficient (Wildman–Crippen LogP) is 1.18. The second kappa shape index (κ2) is 3.27. The number of hydrogen-bond donors (Lipinski definition) is 0. The molecule has 2 heteroatoms. The first-order valence-corrected chi connectivity index (χ1v) is 4.11. The summed E-state index contributed by atoms with van der Waals surface area (Å²) in [6.07, 6.45) is 9.53. The number of aromatic nitrogens is 1. The van der Waals surface area contributed by atoms with E-state index in [1.807, 2.05) is 46.9 Å². The normalized spacial score (nSPS) is 18.5. The van der Waals surface area contributed by atoms with Gasteiger partial charge in [0.15, 0.2) is 11.5 Å². The molecule has 1 aromatic rings. The summed E-state index contributed by atoms with van der Waals surface area (Å²) in [6, 6.07) is 5.92. The van der Waals surface area contributed by atoms with E-state index < -0.39 is 0 Å². The summed E-state index contributed by atoms with van der Waals surface area (Å²) < 4.78 is 1.81. The van der Waals surface area contributed by atoms with Gasteiger partial charge in [0.05, 0.1) is 0 Å². The molecule has 64 valence electrons. The van der Waals surface area contributed by atoms with Gasteiger partial charge in [-0.2, -0.15) is 10.4 Å². The summed E-state index contributed by atoms with van der Waals surface area (Å²) in [5, 5.41) is 5.27. The Morgan fingerprint density at radius 3 is 2.85 bits per heavy atom. The fourth-order valence-corrected chi connectivity index (χ4v) is 1.22. The van der Waals surface area contributed by atoms with Gasteiger partial charge in [0, 0.05) is 12.1 Å². The Bertz CT molecular complexity index is 469. The Hall–Kier alpha value is -1.83. The van der Waals surface area contributed by atoms with E-state index in [0.717, 1.165) is 11.0 Å². The van der Waals surface area contributed by atoms with Crippen molar-refractivity contribution in [3.05, 3.63) is 66.2 Å². The summed E-state index contributed by atoms with van der Waals surface area (Å²) in [6.45, 7) is 3.87. The van der Waals surface area contributed by atoms with Gasteiger partial charge in [0.25, 0.3) is 0 Å². The SMILES string of the molecule is C=[n+]1ccccc1=C1C=CC=C[N-]1. The van der Waals surface area contributed by atoms with E-state index in [1.165, 1.54) is 0 Å². The first kappa shape index (κ1) is 7.80. The molecular weight excluding hydrogens is 160 g/mol. The number of pyridine rings is 1. The third-order valence-corrected chi connectivity index (χ3v) is 1.87. The molecule has 1 aromatic heterocycles. The van der Waals surface area contributed by atoms with Crippen molar-refractivity contribution in [2.75, 3.05) is 0 Å². The van der Waals surface area contributed by atoms with Crippen LogP contribution in [0.1, 0.15) is 0 Å². The Labute approximate surface area is 76.9 Å². The molecule has 0 fully saturated rings. The Morgan fingerprint density at radius 2 is 2.15 bits per heavy atom. The van der Waals surface area contributed by atoms with Crippen LogP contribution in [0.2, 0.25) is 0 Å². The lowest BCUT2D eigenvalue weighted by Gasteiger charge is -2.17. The zero-order valence-corrected chi connectivity index (χ0v) is 7.22. The van der Waals surface area contributed by atoms with Crippen molar-refractivity contribution >= 4 is 5.70 Å². The topological polar surface area (TPSA) is 20.0 Å². The maximum Gasteiger partial charge on any atom is 0.195 e. The molecule has 2 rings (SSSR count). The largest absolute Gasteiger partial charge is 0.659 e. The van der Waals surface area contributed by atoms with Crippen LogP contribution in [-0.4, -0.2) is 0 Å². The van der Waals surface area contributed by atoms with Gasteiger partial charge in [-0.1, -0.05) is 23.9 Å². The summed E-state index contributed by atoms with van der Waals surface area (Å²) in [5.41, 5.74) is 0.943. The smallest absolute Gasteiger partial charge is 0.195 e. The Morgan fingerprint density at radius 1 is 1.23 bits per heavy atom. The van der Waals surface area contributed by atoms with Crippen molar-refractivity contribution in [1.29, 1.82) is 0 Å². The molecule has 0 amide bonds. The molecule has 0 spiro atoms. The molecule has 1 aliphatic rings. The van der Waals surface area contributed by atoms with Gasteiger partial charge >= 0.3 is 0 Å². The fraction of sp³-hybridized carbons (Fsp3) is 0. The number of rotatable bonds is 0. The quantitative estimate of drug-likeness (QED) is 0.521. The maximum atomic E-state index is 4.25. The first-order chi connectivity index (χ1) is 6.38. The maximum absolute atomic E-state index is 4.25. The van der Waals surface area contributed by atoms with Gasteiger partial charge in [-0.25, -0.2) is 0 Å². The lowest BCUT2D eigenvalue weighted by molar-refractivity contribution is -0.514. The molecule has 0 bridgehead atoms. The zero-order valence-electron chi connectivity index (χ0n) is 7.22. The van der Waals surface area contributed by atoms with Crippen molar-refractivity contribution in [1.82, 2.24) is 0 Å². The minimum atomic E-state index is 0.943. The average molecular weight is 170 g/mol. The van der Waals surface area contributed by atoms with Crippen molar-refractivity contribution in [2.24, 2.45) is 0 Å². The molecule has 0 saturated heterocycles. The van der Waals surface area contributed by atoms with Crippen molar-refractivity contribution < 1.29 is 4.24 Å². The van der Waals surface area contributed by atoms with Crippen LogP contribution in [0.4, 0.5) is 0 Å². The van der Waals surface area contributed by atoms with Crippen LogP contribution in [0.25, 0.3) is 11.0 Å². The standard InChI is InChI=1S/C11H10N2/c1-13-9-5-3-7-11(13)10-6-2-4-8-12-10/h2-9H,1H2. The molecule has 13 heavy (non-hydrogen) atoms. The molecule has 0 atom stereocenters. The molecular formula is C11H10N2. The monoisotopic (exact) mass is 170 g/mol. The molecule has 0 unspecified atom stereocenters. The summed E-state index contributed by atoms with van der Waals surface area (Å²) in [5.74, 6) is 0. The molecule has 2 heterocycles. The number of hydrogen-bond acceptors (Lipinski definition) is 0. The van der Waals surface area contributed by atoms with E-state index in [9.17, 15) is 0 Å². The molecule has 0 saturated carbocycles. The third kappa shape index (κ3) is 1.51. The van der Waals surface area contributed by atoms with Gasteiger partial charge in [-0.3, -0.25) is 0 Å². The van der Waals surface area contributed by atoms with E-state index in [2.05, 4.69) is 12.0 Å². The molecule has 0 aromatic carbocycles. The predicted molar refractivity (Wildman–Crippen MR) is 52.1 cm³/mol. The van der Waals surface area contributed by atoms with Gasteiger partial charge in [0.2, 0.25) is 0 Å². The molecule has 2 nitrogen and oxygen atoms in total. The van der Waals surface area contributed by atoms with E-state index in [-0.39, 0.29) is 0 Å². The van der Waals surface area contributed by atoms with Crippen LogP contribution < -0.4 is 9.59 Å². The molecule has 0 N–H and O–H groups in total. The van der Waals surface area contributed by atoms with Crippen LogP contribution >= 0.6 is 0 Å². The minimum Gasteiger partial charge on any atom is -0.659 e. The van der Waals surface area contributed by atoms with Gasteiger partial charge < -0.3 is 5.32 Å². The molecule has 1 aliphatic heterocycles. The molecule has 0 radical (unpaired) electrons. The number of nitrogens with zero attached hydrogens (tertiary/aromatic N) is 2. The zero-order chi connectivity index (χ0) is 9.10. The summed E-state index contributed by atoms with van der Waals surface area (Å²) in [4.78, 5) is 0. The fourth-order valence-electron chi connectivity index (χ4n) is 1.22. The van der Waals surface area contributed by atoms with E-state index >= 15 is 0 Å². The second-order valence-electron chi connectivity index (χ2n) is 2.77. The van der Waals surface area contributed by atoms with Crippen LogP contribution in [0.5, 0.6) is 0 Å². The van der Waals surface area contributed by atoms with Crippen molar-refractivity contribution in [3.8, 4) is 0 Å². The highest BCUT2D eigenvalue weighted by atomic mass is 14.9. The lowest BCUT2D eigenvalue weighted by atomic mass is 10.3. The Kier molecular flexibility index (Phi) is 1.96. The van der Waals surface area contributed by atoms with Gasteiger partial charge in [-0.05, 0) is 6.07 Å². The van der Waals surface area contributed by atoms with Crippen molar-refractivity contribution in [2.45, 2.75) is 0 Å². The highest BCUT2D eigenvalue weighted by Gasteiger charge is 1.91. The summed E-state index contributed by atoms with van der Waals surface area (Å²) >= 11 is 0. The van der Waals surface area contributed by atoms with Gasteiger partial charge in [0.1, 0.15) is 6.72 Å². The third-order valence-electron chi connectivity index (χ3n) is 1.87. The highest BCUT2D eigenvalue weighted by Crippen LogP contribution is 2.11. The van der Waals surface area contributed by atoms with Crippen molar-refractivity contribution in [3.63, 3.8) is 0 Å². The van der Waals surface area contributed by atoms with Crippen LogP contribution in [0, 0.1) is 6.72 Å². The first-order valence-electron chi connectivity index (χ1n) is 4.11. The average Bonchev–Trinajstić information content (AvgIpc) is 2.20. The minimum absolute atomic E-state index is 0.943. The van der Waals surface area contributed by atoms with Gasteiger partial charge in [-0.15, -0.1) is 0 Å². The number of allylic oxidation sites excluding steroid dienone is 2. The van der Waals surface area contributed by atoms with E-state index in [1.54, 1.807) is 6.20 Å². The highest BCUT2D eigenvalue weighted by molar-refractivity contribution is 5.69.